The standard InChI is InChI=1S/C19H31NO2/c1-19-8-7-12-13(15(19)5-6-18(19)22)4-3-11-9-16(20-2)17(21)10-14(11)12/h11-17,20-21H,3-10H2,1-2H3/t11-,12-,13+,14-,15-,16+,17-,19-/m0/s1. The van der Waals surface area contributed by atoms with Crippen molar-refractivity contribution < 1.29 is 9.90 Å². The van der Waals surface area contributed by atoms with E-state index < -0.39 is 0 Å². The van der Waals surface area contributed by atoms with Crippen molar-refractivity contribution in [3.63, 3.8) is 0 Å². The van der Waals surface area contributed by atoms with E-state index >= 15 is 0 Å². The molecule has 3 nitrogen and oxygen atoms in total. The Kier molecular flexibility index (Phi) is 3.65. The van der Waals surface area contributed by atoms with Crippen LogP contribution in [0.5, 0.6) is 0 Å². The molecule has 0 aliphatic heterocycles. The first-order valence-corrected chi connectivity index (χ1v) is 9.43. The minimum atomic E-state index is -0.177. The average Bonchev–Trinajstić information content (AvgIpc) is 2.82. The molecule has 2 N–H and O–H groups in total. The van der Waals surface area contributed by atoms with Crippen molar-refractivity contribution in [3.8, 4) is 0 Å². The maximum atomic E-state index is 12.4. The van der Waals surface area contributed by atoms with E-state index in [1.165, 1.54) is 19.3 Å². The summed E-state index contributed by atoms with van der Waals surface area (Å²) in [6, 6.07) is 0.291. The summed E-state index contributed by atoms with van der Waals surface area (Å²) in [6.45, 7) is 2.25. The summed E-state index contributed by atoms with van der Waals surface area (Å²) in [5.74, 6) is 4.21. The summed E-state index contributed by atoms with van der Waals surface area (Å²) < 4.78 is 0. The molecule has 124 valence electrons. The fraction of sp³-hybridized carbons (Fsp3) is 0.947. The highest BCUT2D eigenvalue weighted by molar-refractivity contribution is 5.87. The Morgan fingerprint density at radius 3 is 2.68 bits per heavy atom. The van der Waals surface area contributed by atoms with Gasteiger partial charge in [-0.25, -0.2) is 0 Å². The number of nitrogens with one attached hydrogen (secondary N) is 1. The van der Waals surface area contributed by atoms with Crippen LogP contribution in [0.4, 0.5) is 0 Å². The number of likely N-dealkylation sites (N-methyl/N-ethyl adjacent to an activating group) is 1. The highest BCUT2D eigenvalue weighted by Gasteiger charge is 2.57. The first-order valence-electron chi connectivity index (χ1n) is 9.43. The Bertz CT molecular complexity index is 464. The fourth-order valence-electron chi connectivity index (χ4n) is 6.90. The SMILES string of the molecule is CN[C@@H]1C[C@@H]2CC[C@@H]3[C@H](CC[C@]4(C)C(=O)CC[C@@H]34)[C@H]2C[C@@H]1O. The molecule has 0 aromatic heterocycles. The van der Waals surface area contributed by atoms with E-state index in [2.05, 4.69) is 12.2 Å². The first-order chi connectivity index (χ1) is 10.5. The minimum Gasteiger partial charge on any atom is -0.391 e. The van der Waals surface area contributed by atoms with Crippen molar-refractivity contribution in [1.82, 2.24) is 5.32 Å². The van der Waals surface area contributed by atoms with Crippen LogP contribution >= 0.6 is 0 Å². The van der Waals surface area contributed by atoms with E-state index in [1.807, 2.05) is 7.05 Å². The number of Topliss-reactive ketones (excluding diaryl/α,β-unsaturated/α-hetero) is 1. The second-order valence-corrected chi connectivity index (χ2v) is 8.79. The van der Waals surface area contributed by atoms with E-state index in [9.17, 15) is 9.90 Å². The molecule has 22 heavy (non-hydrogen) atoms. The zero-order chi connectivity index (χ0) is 15.5. The lowest BCUT2D eigenvalue weighted by molar-refractivity contribution is -0.134. The van der Waals surface area contributed by atoms with Crippen LogP contribution in [0.1, 0.15) is 58.3 Å². The van der Waals surface area contributed by atoms with Gasteiger partial charge < -0.3 is 10.4 Å². The summed E-state index contributed by atoms with van der Waals surface area (Å²) in [5, 5.41) is 13.8. The van der Waals surface area contributed by atoms with Crippen molar-refractivity contribution in [1.29, 1.82) is 0 Å². The van der Waals surface area contributed by atoms with Crippen LogP contribution in [-0.4, -0.2) is 30.1 Å². The summed E-state index contributed by atoms with van der Waals surface area (Å²) >= 11 is 0. The Morgan fingerprint density at radius 2 is 1.91 bits per heavy atom. The van der Waals surface area contributed by atoms with Crippen LogP contribution in [0.15, 0.2) is 0 Å². The Morgan fingerprint density at radius 1 is 1.09 bits per heavy atom. The highest BCUT2D eigenvalue weighted by Crippen LogP contribution is 2.61. The molecular formula is C19H31NO2. The number of carbonyl (C=O) groups excluding carboxylic acids is 1. The number of fused-ring (bicyclic) bond motifs is 5. The van der Waals surface area contributed by atoms with Gasteiger partial charge in [0.15, 0.2) is 0 Å². The van der Waals surface area contributed by atoms with Crippen molar-refractivity contribution in [3.05, 3.63) is 0 Å². The largest absolute Gasteiger partial charge is 0.391 e. The molecular weight excluding hydrogens is 274 g/mol. The smallest absolute Gasteiger partial charge is 0.139 e. The number of aliphatic hydroxyl groups is 1. The number of aliphatic hydroxyl groups excluding tert-OH is 1. The lowest BCUT2D eigenvalue weighted by Gasteiger charge is -2.55. The Labute approximate surface area is 134 Å². The van der Waals surface area contributed by atoms with Gasteiger partial charge in [0.05, 0.1) is 6.10 Å². The third-order valence-corrected chi connectivity index (χ3v) is 8.13. The maximum Gasteiger partial charge on any atom is 0.139 e. The van der Waals surface area contributed by atoms with Gasteiger partial charge in [-0.3, -0.25) is 4.79 Å². The van der Waals surface area contributed by atoms with E-state index in [4.69, 9.17) is 0 Å². The van der Waals surface area contributed by atoms with Crippen molar-refractivity contribution in [2.75, 3.05) is 7.05 Å². The fourth-order valence-corrected chi connectivity index (χ4v) is 6.90. The van der Waals surface area contributed by atoms with E-state index in [0.29, 0.717) is 23.7 Å². The predicted molar refractivity (Wildman–Crippen MR) is 86.4 cm³/mol. The van der Waals surface area contributed by atoms with E-state index in [1.54, 1.807) is 0 Å². The summed E-state index contributed by atoms with van der Waals surface area (Å²) in [6.07, 6.45) is 8.88. The summed E-state index contributed by atoms with van der Waals surface area (Å²) in [4.78, 5) is 12.4. The van der Waals surface area contributed by atoms with Gasteiger partial charge in [0.2, 0.25) is 0 Å². The van der Waals surface area contributed by atoms with E-state index in [0.717, 1.165) is 49.9 Å². The molecule has 4 rings (SSSR count). The van der Waals surface area contributed by atoms with Gasteiger partial charge in [-0.1, -0.05) is 6.92 Å². The molecule has 0 heterocycles. The topological polar surface area (TPSA) is 49.3 Å². The summed E-state index contributed by atoms with van der Waals surface area (Å²) in [5.41, 5.74) is -0.00516. The van der Waals surface area contributed by atoms with Crippen molar-refractivity contribution in [2.24, 2.45) is 35.0 Å². The molecule has 0 radical (unpaired) electrons. The Balaban J connectivity index is 1.56. The zero-order valence-corrected chi connectivity index (χ0v) is 14.1. The number of ketones is 1. The van der Waals surface area contributed by atoms with Crippen LogP contribution in [0.25, 0.3) is 0 Å². The van der Waals surface area contributed by atoms with E-state index in [-0.39, 0.29) is 11.5 Å². The molecule has 0 bridgehead atoms. The number of hydrogen-bond acceptors (Lipinski definition) is 3. The summed E-state index contributed by atoms with van der Waals surface area (Å²) in [7, 11) is 1.98. The number of rotatable bonds is 1. The maximum absolute atomic E-state index is 12.4. The third kappa shape index (κ3) is 2.04. The second kappa shape index (κ2) is 5.31. The molecule has 0 aromatic carbocycles. The predicted octanol–water partition coefficient (Wildman–Crippen LogP) is 2.77. The van der Waals surface area contributed by atoms with Gasteiger partial charge in [-0.15, -0.1) is 0 Å². The van der Waals surface area contributed by atoms with Gasteiger partial charge in [0.1, 0.15) is 5.78 Å². The lowest BCUT2D eigenvalue weighted by Crippen LogP contribution is -2.53. The normalized spacial score (nSPS) is 54.5. The lowest BCUT2D eigenvalue weighted by atomic mass is 9.50. The molecule has 0 amide bonds. The monoisotopic (exact) mass is 305 g/mol. The molecule has 4 saturated carbocycles. The number of carbonyl (C=O) groups is 1. The van der Waals surface area contributed by atoms with Gasteiger partial charge in [0, 0.05) is 17.9 Å². The minimum absolute atomic E-state index is 0.00516. The third-order valence-electron chi connectivity index (χ3n) is 8.13. The van der Waals surface area contributed by atoms with Gasteiger partial charge in [-0.2, -0.15) is 0 Å². The zero-order valence-electron chi connectivity index (χ0n) is 14.1. The first kappa shape index (κ1) is 15.1. The molecule has 4 aliphatic rings. The van der Waals surface area contributed by atoms with Crippen LogP contribution in [0.2, 0.25) is 0 Å². The molecule has 0 unspecified atom stereocenters. The van der Waals surface area contributed by atoms with Crippen LogP contribution in [0.3, 0.4) is 0 Å². The molecule has 4 aliphatic carbocycles. The van der Waals surface area contributed by atoms with Crippen molar-refractivity contribution in [2.45, 2.75) is 70.4 Å². The average molecular weight is 305 g/mol. The highest BCUT2D eigenvalue weighted by atomic mass is 16.3. The molecule has 8 atom stereocenters. The second-order valence-electron chi connectivity index (χ2n) is 8.79. The number of hydrogen-bond donors (Lipinski definition) is 2. The quantitative estimate of drug-likeness (QED) is 0.783. The molecule has 0 saturated heterocycles. The van der Waals surface area contributed by atoms with Gasteiger partial charge in [-0.05, 0) is 81.6 Å². The Hall–Kier alpha value is -0.410. The van der Waals surface area contributed by atoms with Gasteiger partial charge in [0.25, 0.3) is 0 Å². The molecule has 3 heteroatoms. The molecule has 0 aromatic rings. The van der Waals surface area contributed by atoms with Crippen LogP contribution in [0, 0.1) is 35.0 Å². The molecule has 0 spiro atoms. The van der Waals surface area contributed by atoms with Crippen LogP contribution in [-0.2, 0) is 4.79 Å². The van der Waals surface area contributed by atoms with Crippen LogP contribution < -0.4 is 5.32 Å². The van der Waals surface area contributed by atoms with Gasteiger partial charge >= 0.3 is 0 Å². The molecule has 4 fully saturated rings. The van der Waals surface area contributed by atoms with Crippen molar-refractivity contribution >= 4 is 5.78 Å².